The number of hydrogen-bond acceptors (Lipinski definition) is 3. The van der Waals surface area contributed by atoms with E-state index in [1.165, 1.54) is 0 Å². The molecular formula is C43H28NO2P. The fourth-order valence-corrected chi connectivity index (χ4v) is 9.58. The third-order valence-corrected chi connectivity index (χ3v) is 12.2. The molecule has 0 unspecified atom stereocenters. The Morgan fingerprint density at radius 1 is 0.468 bits per heavy atom. The highest BCUT2D eigenvalue weighted by Gasteiger charge is 2.29. The summed E-state index contributed by atoms with van der Waals surface area (Å²) in [5.74, 6) is 0. The number of hydrogen-bond donors (Lipinski definition) is 0. The van der Waals surface area contributed by atoms with Gasteiger partial charge in [0, 0.05) is 43.2 Å². The Morgan fingerprint density at radius 2 is 1.02 bits per heavy atom. The molecule has 0 N–H and O–H groups in total. The van der Waals surface area contributed by atoms with Crippen LogP contribution in [0.5, 0.6) is 0 Å². The number of benzene rings is 7. The van der Waals surface area contributed by atoms with Crippen molar-refractivity contribution in [3.05, 3.63) is 170 Å². The van der Waals surface area contributed by atoms with Gasteiger partial charge < -0.3 is 8.98 Å². The van der Waals surface area contributed by atoms with E-state index < -0.39 is 7.14 Å². The van der Waals surface area contributed by atoms with E-state index in [1.54, 1.807) is 0 Å². The fraction of sp³-hybridized carbons (Fsp3) is 0. The summed E-state index contributed by atoms with van der Waals surface area (Å²) in [6.45, 7) is 0. The molecule has 0 aliphatic carbocycles. The third kappa shape index (κ3) is 4.35. The van der Waals surface area contributed by atoms with Gasteiger partial charge in [-0.1, -0.05) is 164 Å². The van der Waals surface area contributed by atoms with E-state index >= 15 is 4.57 Å². The monoisotopic (exact) mass is 621 g/mol. The smallest absolute Gasteiger partial charge is 0.171 e. The summed E-state index contributed by atoms with van der Waals surface area (Å²) < 4.78 is 21.6. The molecule has 4 heteroatoms. The molecule has 0 saturated carbocycles. The number of aromatic nitrogens is 1. The number of nitrogens with zero attached hydrogens (tertiary/aromatic N) is 1. The lowest BCUT2D eigenvalue weighted by molar-refractivity contribution is 0.592. The normalized spacial score (nSPS) is 11.9. The van der Waals surface area contributed by atoms with E-state index in [1.807, 2.05) is 84.9 Å². The SMILES string of the molecule is O=P(c1ccccc1)(c1ccccc1)c1ccc(-c2cccc3c2nc(-c2cccc4ccccc24)c2oc4ccccc4c23)cc1. The minimum absolute atomic E-state index is 0.786. The van der Waals surface area contributed by atoms with Gasteiger partial charge in [-0.2, -0.15) is 0 Å². The van der Waals surface area contributed by atoms with Crippen molar-refractivity contribution in [3.8, 4) is 22.4 Å². The lowest BCUT2D eigenvalue weighted by Crippen LogP contribution is -2.24. The van der Waals surface area contributed by atoms with Crippen molar-refractivity contribution in [1.82, 2.24) is 4.98 Å². The van der Waals surface area contributed by atoms with E-state index in [-0.39, 0.29) is 0 Å². The van der Waals surface area contributed by atoms with Crippen molar-refractivity contribution in [3.63, 3.8) is 0 Å². The van der Waals surface area contributed by atoms with Crippen molar-refractivity contribution in [2.45, 2.75) is 0 Å². The zero-order valence-electron chi connectivity index (χ0n) is 25.4. The second-order valence-corrected chi connectivity index (χ2v) is 14.6. The molecule has 9 aromatic rings. The maximum Gasteiger partial charge on any atom is 0.171 e. The molecule has 0 aliphatic heterocycles. The standard InChI is InChI=1S/C43H28NO2P/c45-47(31-15-3-1-4-16-31,32-17-5-2-6-18-32)33-27-25-30(26-28-33)35-21-12-23-38-40-37-20-9-10-24-39(37)46-43(40)42(44-41(35)38)36-22-11-14-29-13-7-8-19-34(29)36/h1-28H. The highest BCUT2D eigenvalue weighted by Crippen LogP contribution is 2.45. The zero-order chi connectivity index (χ0) is 31.4. The summed E-state index contributed by atoms with van der Waals surface area (Å²) in [5.41, 5.74) is 6.40. The maximum atomic E-state index is 15.0. The molecule has 9 rings (SSSR count). The largest absolute Gasteiger partial charge is 0.454 e. The molecule has 222 valence electrons. The van der Waals surface area contributed by atoms with Crippen LogP contribution in [0.2, 0.25) is 0 Å². The second-order valence-electron chi connectivity index (χ2n) is 11.8. The first-order valence-corrected chi connectivity index (χ1v) is 17.5. The topological polar surface area (TPSA) is 43.1 Å². The van der Waals surface area contributed by atoms with Gasteiger partial charge in [0.2, 0.25) is 0 Å². The zero-order valence-corrected chi connectivity index (χ0v) is 26.3. The first-order valence-electron chi connectivity index (χ1n) is 15.7. The summed E-state index contributed by atoms with van der Waals surface area (Å²) in [5, 5.41) is 7.88. The summed E-state index contributed by atoms with van der Waals surface area (Å²) in [6, 6.07) is 57.1. The van der Waals surface area contributed by atoms with E-state index in [4.69, 9.17) is 9.40 Å². The van der Waals surface area contributed by atoms with E-state index in [0.717, 1.165) is 81.9 Å². The van der Waals surface area contributed by atoms with Crippen LogP contribution in [0.4, 0.5) is 0 Å². The van der Waals surface area contributed by atoms with Crippen LogP contribution in [0, 0.1) is 0 Å². The van der Waals surface area contributed by atoms with Gasteiger partial charge in [0.25, 0.3) is 0 Å². The van der Waals surface area contributed by atoms with E-state index in [2.05, 4.69) is 84.9 Å². The van der Waals surface area contributed by atoms with Crippen molar-refractivity contribution >= 4 is 66.7 Å². The molecule has 7 aromatic carbocycles. The molecule has 0 radical (unpaired) electrons. The Balaban J connectivity index is 1.29. The molecule has 0 atom stereocenters. The van der Waals surface area contributed by atoms with Crippen LogP contribution in [-0.4, -0.2) is 4.98 Å². The van der Waals surface area contributed by atoms with Gasteiger partial charge in [-0.05, 0) is 22.4 Å². The molecule has 3 nitrogen and oxygen atoms in total. The van der Waals surface area contributed by atoms with Gasteiger partial charge in [-0.15, -0.1) is 0 Å². The van der Waals surface area contributed by atoms with Gasteiger partial charge >= 0.3 is 0 Å². The van der Waals surface area contributed by atoms with Gasteiger partial charge in [-0.25, -0.2) is 4.98 Å². The molecule has 2 aromatic heterocycles. The first kappa shape index (κ1) is 27.5. The molecule has 2 heterocycles. The van der Waals surface area contributed by atoms with E-state index in [9.17, 15) is 0 Å². The molecular weight excluding hydrogens is 593 g/mol. The quantitative estimate of drug-likeness (QED) is 0.180. The van der Waals surface area contributed by atoms with Crippen LogP contribution < -0.4 is 15.9 Å². The minimum atomic E-state index is -3.09. The average Bonchev–Trinajstić information content (AvgIpc) is 3.55. The Hall–Kier alpha value is -5.76. The summed E-state index contributed by atoms with van der Waals surface area (Å²) in [4.78, 5) is 5.41. The molecule has 0 bridgehead atoms. The second kappa shape index (κ2) is 10.9. The Morgan fingerprint density at radius 3 is 1.77 bits per heavy atom. The van der Waals surface area contributed by atoms with Crippen LogP contribution in [0.15, 0.2) is 174 Å². The van der Waals surface area contributed by atoms with Gasteiger partial charge in [0.05, 0.1) is 5.52 Å². The predicted octanol–water partition coefficient (Wildman–Crippen LogP) is 10.3. The number of rotatable bonds is 5. The van der Waals surface area contributed by atoms with Gasteiger partial charge in [-0.3, -0.25) is 0 Å². The summed E-state index contributed by atoms with van der Waals surface area (Å²) in [7, 11) is -3.09. The average molecular weight is 622 g/mol. The molecule has 0 amide bonds. The van der Waals surface area contributed by atoms with Crippen molar-refractivity contribution in [2.75, 3.05) is 0 Å². The van der Waals surface area contributed by atoms with Gasteiger partial charge in [0.1, 0.15) is 11.3 Å². The Kier molecular flexibility index (Phi) is 6.41. The molecule has 0 saturated heterocycles. The number of furan rings is 1. The number of fused-ring (bicyclic) bond motifs is 6. The van der Waals surface area contributed by atoms with Crippen molar-refractivity contribution < 1.29 is 8.98 Å². The molecule has 0 spiro atoms. The van der Waals surface area contributed by atoms with E-state index in [0.29, 0.717) is 0 Å². The van der Waals surface area contributed by atoms with Crippen LogP contribution in [-0.2, 0) is 4.57 Å². The highest BCUT2D eigenvalue weighted by atomic mass is 31.2. The first-order chi connectivity index (χ1) is 23.2. The maximum absolute atomic E-state index is 15.0. The number of para-hydroxylation sites is 2. The van der Waals surface area contributed by atoms with Crippen LogP contribution in [0.25, 0.3) is 66.0 Å². The summed E-state index contributed by atoms with van der Waals surface area (Å²) >= 11 is 0. The molecule has 47 heavy (non-hydrogen) atoms. The lowest BCUT2D eigenvalue weighted by Gasteiger charge is -2.20. The predicted molar refractivity (Wildman–Crippen MR) is 197 cm³/mol. The van der Waals surface area contributed by atoms with Crippen molar-refractivity contribution in [2.24, 2.45) is 0 Å². The van der Waals surface area contributed by atoms with Crippen LogP contribution in [0.3, 0.4) is 0 Å². The Bertz CT molecular complexity index is 2590. The minimum Gasteiger partial charge on any atom is -0.454 e. The summed E-state index contributed by atoms with van der Waals surface area (Å²) in [6.07, 6.45) is 0. The lowest BCUT2D eigenvalue weighted by atomic mass is 9.96. The van der Waals surface area contributed by atoms with Crippen LogP contribution in [0.1, 0.15) is 0 Å². The Labute approximate surface area is 272 Å². The number of pyridine rings is 1. The highest BCUT2D eigenvalue weighted by molar-refractivity contribution is 7.85. The third-order valence-electron chi connectivity index (χ3n) is 9.17. The fourth-order valence-electron chi connectivity index (χ4n) is 6.93. The molecule has 0 fully saturated rings. The van der Waals surface area contributed by atoms with Gasteiger partial charge in [0.15, 0.2) is 12.7 Å². The van der Waals surface area contributed by atoms with Crippen LogP contribution >= 0.6 is 7.14 Å². The molecule has 0 aliphatic rings. The van der Waals surface area contributed by atoms with Crippen molar-refractivity contribution in [1.29, 1.82) is 0 Å².